The maximum Gasteiger partial charge on any atom is 0.242 e. The molecule has 1 saturated heterocycles. The van der Waals surface area contributed by atoms with Gasteiger partial charge in [0.05, 0.1) is 23.8 Å². The fourth-order valence-corrected chi connectivity index (χ4v) is 5.33. The lowest BCUT2D eigenvalue weighted by Crippen LogP contribution is -2.37. The minimum Gasteiger partial charge on any atom is -0.378 e. The van der Waals surface area contributed by atoms with Gasteiger partial charge in [0.25, 0.3) is 0 Å². The molecule has 0 unspecified atom stereocenters. The molecule has 0 aliphatic carbocycles. The molecule has 0 N–H and O–H groups in total. The normalized spacial score (nSPS) is 14.8. The lowest BCUT2D eigenvalue weighted by atomic mass is 10.2. The van der Waals surface area contributed by atoms with Crippen LogP contribution in [-0.4, -0.2) is 67.9 Å². The van der Waals surface area contributed by atoms with E-state index in [1.165, 1.54) is 30.2 Å². The summed E-state index contributed by atoms with van der Waals surface area (Å²) in [6.07, 6.45) is 0. The van der Waals surface area contributed by atoms with Crippen LogP contribution in [0.3, 0.4) is 0 Å². The van der Waals surface area contributed by atoms with Gasteiger partial charge in [0.15, 0.2) is 5.16 Å². The molecule has 1 aliphatic heterocycles. The number of hydrogen-bond acceptors (Lipinski definition) is 7. The molecule has 170 valence electrons. The predicted molar refractivity (Wildman–Crippen MR) is 126 cm³/mol. The number of morpholine rings is 1. The summed E-state index contributed by atoms with van der Waals surface area (Å²) in [6, 6.07) is 15.3. The van der Waals surface area contributed by atoms with Crippen LogP contribution >= 0.6 is 11.8 Å². The Morgan fingerprint density at radius 2 is 1.81 bits per heavy atom. The summed E-state index contributed by atoms with van der Waals surface area (Å²) >= 11 is 1.54. The van der Waals surface area contributed by atoms with Gasteiger partial charge in [-0.15, -0.1) is 10.2 Å². The van der Waals surface area contributed by atoms with Crippen molar-refractivity contribution in [2.75, 3.05) is 45.3 Å². The maximum absolute atomic E-state index is 12.5. The van der Waals surface area contributed by atoms with Crippen molar-refractivity contribution in [2.24, 2.45) is 0 Å². The average Bonchev–Trinajstić information content (AvgIpc) is 3.22. The number of aryl methyl sites for hydroxylation is 1. The highest BCUT2D eigenvalue weighted by molar-refractivity contribution is 7.98. The van der Waals surface area contributed by atoms with E-state index in [0.717, 1.165) is 41.0 Å². The summed E-state index contributed by atoms with van der Waals surface area (Å²) in [4.78, 5) is 2.47. The number of thioether (sulfide) groups is 1. The Hall–Kier alpha value is -2.40. The van der Waals surface area contributed by atoms with Gasteiger partial charge in [0, 0.05) is 32.9 Å². The van der Waals surface area contributed by atoms with Crippen LogP contribution in [0.5, 0.6) is 0 Å². The number of rotatable bonds is 7. The summed E-state index contributed by atoms with van der Waals surface area (Å²) in [5.41, 5.74) is 3.06. The highest BCUT2D eigenvalue weighted by Crippen LogP contribution is 2.30. The first-order valence-corrected chi connectivity index (χ1v) is 12.8. The number of nitrogens with zero attached hydrogens (tertiary/aromatic N) is 5. The molecule has 0 amide bonds. The van der Waals surface area contributed by atoms with Crippen molar-refractivity contribution >= 4 is 27.7 Å². The second kappa shape index (κ2) is 9.62. The Kier molecular flexibility index (Phi) is 6.85. The van der Waals surface area contributed by atoms with Gasteiger partial charge >= 0.3 is 0 Å². The summed E-state index contributed by atoms with van der Waals surface area (Å²) in [7, 11) is -0.404. The first kappa shape index (κ1) is 22.8. The molecule has 0 atom stereocenters. The van der Waals surface area contributed by atoms with Gasteiger partial charge in [-0.05, 0) is 42.3 Å². The van der Waals surface area contributed by atoms with Crippen LogP contribution in [0.1, 0.15) is 11.1 Å². The van der Waals surface area contributed by atoms with Gasteiger partial charge < -0.3 is 9.64 Å². The fourth-order valence-electron chi connectivity index (χ4n) is 3.47. The molecule has 1 fully saturated rings. The van der Waals surface area contributed by atoms with E-state index in [2.05, 4.69) is 44.8 Å². The van der Waals surface area contributed by atoms with Crippen LogP contribution < -0.4 is 4.90 Å². The number of aromatic nitrogens is 3. The van der Waals surface area contributed by atoms with Crippen molar-refractivity contribution < 1.29 is 13.2 Å². The highest BCUT2D eigenvalue weighted by Gasteiger charge is 2.22. The van der Waals surface area contributed by atoms with Crippen LogP contribution in [0.2, 0.25) is 0 Å². The lowest BCUT2D eigenvalue weighted by molar-refractivity contribution is 0.122. The minimum atomic E-state index is -3.48. The topological polar surface area (TPSA) is 80.6 Å². The van der Waals surface area contributed by atoms with Crippen molar-refractivity contribution in [2.45, 2.75) is 22.7 Å². The summed E-state index contributed by atoms with van der Waals surface area (Å²) < 4.78 is 33.8. The molecule has 2 aromatic carbocycles. The van der Waals surface area contributed by atoms with Crippen LogP contribution in [0.4, 0.5) is 5.95 Å². The molecule has 4 rings (SSSR count). The van der Waals surface area contributed by atoms with Crippen molar-refractivity contribution in [1.82, 2.24) is 19.1 Å². The lowest BCUT2D eigenvalue weighted by Gasteiger charge is -2.28. The zero-order valence-corrected chi connectivity index (χ0v) is 20.1. The molecule has 32 heavy (non-hydrogen) atoms. The number of anilines is 1. The Balaban J connectivity index is 1.64. The van der Waals surface area contributed by atoms with Gasteiger partial charge in [0.1, 0.15) is 0 Å². The van der Waals surface area contributed by atoms with Gasteiger partial charge in [-0.2, -0.15) is 0 Å². The molecule has 8 nitrogen and oxygen atoms in total. The minimum absolute atomic E-state index is 0.287. The van der Waals surface area contributed by atoms with E-state index in [1.807, 2.05) is 12.1 Å². The molecule has 10 heteroatoms. The van der Waals surface area contributed by atoms with Crippen molar-refractivity contribution in [3.8, 4) is 5.69 Å². The summed E-state index contributed by atoms with van der Waals surface area (Å²) in [6.45, 7) is 4.91. The summed E-state index contributed by atoms with van der Waals surface area (Å²) in [5, 5.41) is 9.74. The van der Waals surface area contributed by atoms with E-state index in [9.17, 15) is 8.42 Å². The van der Waals surface area contributed by atoms with Crippen LogP contribution in [-0.2, 0) is 20.5 Å². The molecule has 1 aromatic heterocycles. The van der Waals surface area contributed by atoms with E-state index in [1.54, 1.807) is 18.2 Å². The van der Waals surface area contributed by atoms with Gasteiger partial charge in [-0.25, -0.2) is 12.7 Å². The molecule has 0 radical (unpaired) electrons. The average molecular weight is 474 g/mol. The van der Waals surface area contributed by atoms with Gasteiger partial charge in [0.2, 0.25) is 16.0 Å². The molecule has 1 aliphatic rings. The third-order valence-electron chi connectivity index (χ3n) is 5.22. The molecule has 3 aromatic rings. The van der Waals surface area contributed by atoms with E-state index in [-0.39, 0.29) is 4.90 Å². The molecule has 0 bridgehead atoms. The number of benzene rings is 2. The number of ether oxygens (including phenoxy) is 1. The van der Waals surface area contributed by atoms with E-state index in [4.69, 9.17) is 4.74 Å². The van der Waals surface area contributed by atoms with Crippen LogP contribution in [0.25, 0.3) is 5.69 Å². The van der Waals surface area contributed by atoms with Gasteiger partial charge in [-0.1, -0.05) is 36.0 Å². The third-order valence-corrected chi connectivity index (χ3v) is 8.03. The summed E-state index contributed by atoms with van der Waals surface area (Å²) in [5.74, 6) is 1.37. The van der Waals surface area contributed by atoms with E-state index >= 15 is 0 Å². The van der Waals surface area contributed by atoms with E-state index < -0.39 is 10.0 Å². The second-order valence-electron chi connectivity index (χ2n) is 7.78. The largest absolute Gasteiger partial charge is 0.378 e. The Bertz CT molecular complexity index is 1190. The van der Waals surface area contributed by atoms with Crippen LogP contribution in [0, 0.1) is 6.92 Å². The van der Waals surface area contributed by atoms with Crippen molar-refractivity contribution in [3.63, 3.8) is 0 Å². The highest BCUT2D eigenvalue weighted by atomic mass is 32.2. The van der Waals surface area contributed by atoms with Crippen molar-refractivity contribution in [3.05, 3.63) is 59.7 Å². The predicted octanol–water partition coefficient (Wildman–Crippen LogP) is 2.95. The van der Waals surface area contributed by atoms with E-state index in [0.29, 0.717) is 19.0 Å². The SMILES string of the molecule is Cc1cccc(-n2c(SCc3cccc(S(=O)(=O)N(C)C)c3)nnc2N2CCOCC2)c1. The fraction of sp³-hybridized carbons (Fsp3) is 0.364. The monoisotopic (exact) mass is 473 g/mol. The number of hydrogen-bond donors (Lipinski definition) is 0. The van der Waals surface area contributed by atoms with Gasteiger partial charge in [-0.3, -0.25) is 4.57 Å². The zero-order valence-electron chi connectivity index (χ0n) is 18.4. The number of sulfonamides is 1. The zero-order chi connectivity index (χ0) is 22.7. The standard InChI is InChI=1S/C22H27N5O3S2/c1-17-6-4-8-19(14-17)27-21(26-10-12-30-13-11-26)23-24-22(27)31-16-18-7-5-9-20(15-18)32(28,29)25(2)3/h4-9,14-15H,10-13,16H2,1-3H3. The van der Waals surface area contributed by atoms with Crippen LogP contribution in [0.15, 0.2) is 58.6 Å². The smallest absolute Gasteiger partial charge is 0.242 e. The first-order chi connectivity index (χ1) is 15.4. The van der Waals surface area contributed by atoms with Crippen molar-refractivity contribution in [1.29, 1.82) is 0 Å². The molecular weight excluding hydrogens is 446 g/mol. The quantitative estimate of drug-likeness (QED) is 0.488. The maximum atomic E-state index is 12.5. The third kappa shape index (κ3) is 4.83. The molecule has 2 heterocycles. The molecular formula is C22H27N5O3S2. The Morgan fingerprint density at radius 1 is 1.06 bits per heavy atom. The molecule has 0 spiro atoms. The Labute approximate surface area is 193 Å². The second-order valence-corrected chi connectivity index (χ2v) is 10.9. The molecule has 0 saturated carbocycles. The first-order valence-electron chi connectivity index (χ1n) is 10.4. The Morgan fingerprint density at radius 3 is 2.53 bits per heavy atom.